The van der Waals surface area contributed by atoms with Gasteiger partial charge in [-0.1, -0.05) is 0 Å². The molecule has 0 saturated carbocycles. The van der Waals surface area contributed by atoms with Gasteiger partial charge in [-0.3, -0.25) is 9.00 Å². The summed E-state index contributed by atoms with van der Waals surface area (Å²) in [5, 5.41) is 2.73. The van der Waals surface area contributed by atoms with E-state index < -0.39 is 10.8 Å². The quantitative estimate of drug-likeness (QED) is 0.861. The molecule has 3 nitrogen and oxygen atoms in total. The smallest absolute Gasteiger partial charge is 0.261 e. The Morgan fingerprint density at radius 1 is 1.62 bits per heavy atom. The fourth-order valence-corrected chi connectivity index (χ4v) is 3.17. The first-order valence-electron chi connectivity index (χ1n) is 4.47. The number of thiophene rings is 1. The van der Waals surface area contributed by atoms with Gasteiger partial charge in [0, 0.05) is 33.3 Å². The number of carbonyl (C=O) groups is 1. The zero-order chi connectivity index (χ0) is 12.3. The number of hydrogen-bond acceptors (Lipinski definition) is 3. The zero-order valence-corrected chi connectivity index (χ0v) is 13.6. The molecule has 0 aromatic carbocycles. The van der Waals surface area contributed by atoms with Crippen LogP contribution in [0.15, 0.2) is 14.3 Å². The second kappa shape index (κ2) is 6.28. The molecule has 1 N–H and O–H groups in total. The molecule has 2 unspecified atom stereocenters. The van der Waals surface area contributed by atoms with E-state index in [0.717, 1.165) is 8.26 Å². The largest absolute Gasteiger partial charge is 0.350 e. The maximum atomic E-state index is 11.7. The van der Waals surface area contributed by atoms with Gasteiger partial charge in [0.2, 0.25) is 0 Å². The topological polar surface area (TPSA) is 46.2 Å². The van der Waals surface area contributed by atoms with Crippen molar-refractivity contribution in [1.82, 2.24) is 5.32 Å². The van der Waals surface area contributed by atoms with Gasteiger partial charge >= 0.3 is 0 Å². The van der Waals surface area contributed by atoms with E-state index in [1.54, 1.807) is 12.3 Å². The second-order valence-corrected chi connectivity index (χ2v) is 8.28. The molecule has 0 radical (unpaired) electrons. The molecule has 1 amide bonds. The van der Waals surface area contributed by atoms with Crippen molar-refractivity contribution in [2.75, 3.05) is 12.8 Å². The van der Waals surface area contributed by atoms with Gasteiger partial charge < -0.3 is 5.32 Å². The van der Waals surface area contributed by atoms with E-state index in [1.807, 2.05) is 6.92 Å². The van der Waals surface area contributed by atoms with Crippen LogP contribution in [-0.4, -0.2) is 28.2 Å². The molecular weight excluding hydrogens is 378 g/mol. The lowest BCUT2D eigenvalue weighted by Gasteiger charge is -2.08. The van der Waals surface area contributed by atoms with Crippen LogP contribution >= 0.6 is 43.2 Å². The van der Waals surface area contributed by atoms with E-state index in [4.69, 9.17) is 0 Å². The summed E-state index contributed by atoms with van der Waals surface area (Å²) >= 11 is 8.02. The molecule has 0 aliphatic rings. The first-order chi connectivity index (χ1) is 7.41. The van der Waals surface area contributed by atoms with Crippen LogP contribution in [0.2, 0.25) is 0 Å². The minimum absolute atomic E-state index is 0.0317. The number of carbonyl (C=O) groups excluding carboxylic acids is 1. The summed E-state index contributed by atoms with van der Waals surface area (Å²) in [5.41, 5.74) is 0. The van der Waals surface area contributed by atoms with Crippen LogP contribution in [-0.2, 0) is 10.8 Å². The summed E-state index contributed by atoms with van der Waals surface area (Å²) < 4.78 is 12.9. The monoisotopic (exact) mass is 387 g/mol. The van der Waals surface area contributed by atoms with Crippen LogP contribution in [0.5, 0.6) is 0 Å². The summed E-state index contributed by atoms with van der Waals surface area (Å²) in [4.78, 5) is 12.3. The molecule has 0 aliphatic heterocycles. The first-order valence-corrected chi connectivity index (χ1v) is 8.49. The van der Waals surface area contributed by atoms with Crippen LogP contribution in [0.4, 0.5) is 0 Å². The highest BCUT2D eigenvalue weighted by molar-refractivity contribution is 9.13. The van der Waals surface area contributed by atoms with Gasteiger partial charge in [-0.2, -0.15) is 0 Å². The molecule has 0 fully saturated rings. The van der Waals surface area contributed by atoms with E-state index in [-0.39, 0.29) is 11.2 Å². The van der Waals surface area contributed by atoms with Crippen molar-refractivity contribution in [3.63, 3.8) is 0 Å². The normalized spacial score (nSPS) is 14.5. The number of hydrogen-bond donors (Lipinski definition) is 1. The van der Waals surface area contributed by atoms with E-state index >= 15 is 0 Å². The van der Waals surface area contributed by atoms with Crippen LogP contribution in [0.1, 0.15) is 16.6 Å². The third kappa shape index (κ3) is 3.94. The van der Waals surface area contributed by atoms with Gasteiger partial charge in [0.15, 0.2) is 0 Å². The molecule has 0 aliphatic carbocycles. The maximum absolute atomic E-state index is 11.7. The highest BCUT2D eigenvalue weighted by atomic mass is 79.9. The second-order valence-electron chi connectivity index (χ2n) is 3.25. The number of amides is 1. The number of halogens is 2. The molecule has 0 saturated heterocycles. The molecule has 1 aromatic rings. The highest BCUT2D eigenvalue weighted by Crippen LogP contribution is 2.32. The van der Waals surface area contributed by atoms with Crippen LogP contribution in [0.3, 0.4) is 0 Å². The maximum Gasteiger partial charge on any atom is 0.261 e. The van der Waals surface area contributed by atoms with Gasteiger partial charge in [-0.05, 0) is 44.8 Å². The molecular formula is C9H11Br2NO2S2. The predicted molar refractivity (Wildman–Crippen MR) is 75.6 cm³/mol. The average molecular weight is 389 g/mol. The molecule has 2 atom stereocenters. The van der Waals surface area contributed by atoms with Crippen molar-refractivity contribution in [3.05, 3.63) is 19.2 Å². The highest BCUT2D eigenvalue weighted by Gasteiger charge is 2.13. The third-order valence-electron chi connectivity index (χ3n) is 1.99. The summed E-state index contributed by atoms with van der Waals surface area (Å²) in [7, 11) is -0.912. The van der Waals surface area contributed by atoms with Crippen LogP contribution in [0, 0.1) is 0 Å². The van der Waals surface area contributed by atoms with E-state index in [9.17, 15) is 9.00 Å². The Morgan fingerprint density at radius 3 is 2.69 bits per heavy atom. The van der Waals surface area contributed by atoms with Crippen molar-refractivity contribution >= 4 is 59.9 Å². The Labute approximate surface area is 118 Å². The Kier molecular flexibility index (Phi) is 5.63. The fourth-order valence-electron chi connectivity index (χ4n) is 0.899. The summed E-state index contributed by atoms with van der Waals surface area (Å²) in [6.45, 7) is 2.27. The standard InChI is InChI=1S/C9H11Br2NO2S2/c1-5(16(2)14)4-12-9(13)7-3-6(10)8(11)15-7/h3,5H,4H2,1-2H3,(H,12,13). The summed E-state index contributed by atoms with van der Waals surface area (Å²) in [6, 6.07) is 1.76. The minimum Gasteiger partial charge on any atom is -0.350 e. The Bertz CT molecular complexity index is 400. The lowest BCUT2D eigenvalue weighted by molar-refractivity contribution is 0.0958. The van der Waals surface area contributed by atoms with Crippen LogP contribution in [0.25, 0.3) is 0 Å². The molecule has 0 bridgehead atoms. The van der Waals surface area contributed by atoms with Crippen molar-refractivity contribution in [3.8, 4) is 0 Å². The van der Waals surface area contributed by atoms with Gasteiger partial charge in [0.1, 0.15) is 0 Å². The lowest BCUT2D eigenvalue weighted by atomic mass is 10.4. The SMILES string of the molecule is CC(CNC(=O)c1cc(Br)c(Br)s1)S(C)=O. The van der Waals surface area contributed by atoms with Crippen molar-refractivity contribution in [2.24, 2.45) is 0 Å². The van der Waals surface area contributed by atoms with E-state index in [2.05, 4.69) is 37.2 Å². The van der Waals surface area contributed by atoms with E-state index in [0.29, 0.717) is 11.4 Å². The predicted octanol–water partition coefficient (Wildman–Crippen LogP) is 2.77. The van der Waals surface area contributed by atoms with E-state index in [1.165, 1.54) is 11.3 Å². The Balaban J connectivity index is 2.56. The van der Waals surface area contributed by atoms with Gasteiger partial charge in [0.25, 0.3) is 5.91 Å². The van der Waals surface area contributed by atoms with Crippen LogP contribution < -0.4 is 5.32 Å². The third-order valence-corrected chi connectivity index (χ3v) is 6.54. The lowest BCUT2D eigenvalue weighted by Crippen LogP contribution is -2.32. The molecule has 1 rings (SSSR count). The molecule has 7 heteroatoms. The average Bonchev–Trinajstić information content (AvgIpc) is 2.55. The number of rotatable bonds is 4. The Hall–Kier alpha value is 0.280. The Morgan fingerprint density at radius 2 is 2.25 bits per heavy atom. The van der Waals surface area contributed by atoms with Crippen molar-refractivity contribution < 1.29 is 9.00 Å². The van der Waals surface area contributed by atoms with Crippen molar-refractivity contribution in [1.29, 1.82) is 0 Å². The van der Waals surface area contributed by atoms with Crippen molar-refractivity contribution in [2.45, 2.75) is 12.2 Å². The van der Waals surface area contributed by atoms with Gasteiger partial charge in [-0.15, -0.1) is 11.3 Å². The van der Waals surface area contributed by atoms with Gasteiger partial charge in [-0.25, -0.2) is 0 Å². The molecule has 0 spiro atoms. The molecule has 1 heterocycles. The zero-order valence-electron chi connectivity index (χ0n) is 8.75. The minimum atomic E-state index is -0.912. The van der Waals surface area contributed by atoms with Gasteiger partial charge in [0.05, 0.1) is 8.66 Å². The molecule has 1 aromatic heterocycles. The fraction of sp³-hybridized carbons (Fsp3) is 0.444. The number of nitrogens with one attached hydrogen (secondary N) is 1. The molecule has 16 heavy (non-hydrogen) atoms. The summed E-state index contributed by atoms with van der Waals surface area (Å²) in [6.07, 6.45) is 1.63. The summed E-state index contributed by atoms with van der Waals surface area (Å²) in [5.74, 6) is -0.131. The molecule has 90 valence electrons. The first kappa shape index (κ1) is 14.3.